The summed E-state index contributed by atoms with van der Waals surface area (Å²) in [5.74, 6) is -0.522. The molecule has 0 radical (unpaired) electrons. The van der Waals surface area contributed by atoms with E-state index < -0.39 is 18.2 Å². The molecule has 0 saturated carbocycles. The Balaban J connectivity index is 1.69. The molecule has 4 aromatic rings. The molecule has 6 nitrogen and oxygen atoms in total. The van der Waals surface area contributed by atoms with E-state index in [2.05, 4.69) is 0 Å². The third-order valence-corrected chi connectivity index (χ3v) is 4.39. The monoisotopic (exact) mass is 393 g/mol. The number of methoxy groups -OCH3 is 1. The maximum absolute atomic E-state index is 12.6. The zero-order valence-electron chi connectivity index (χ0n) is 18.1. The molecule has 29 heavy (non-hydrogen) atoms. The lowest BCUT2D eigenvalue weighted by Crippen LogP contribution is -2.02. The van der Waals surface area contributed by atoms with Gasteiger partial charge in [-0.25, -0.2) is 0 Å². The largest absolute Gasteiger partial charge is 0.507 e. The summed E-state index contributed by atoms with van der Waals surface area (Å²) in [6.45, 7) is 0.258. The molecule has 0 aliphatic carbocycles. The first-order valence-corrected chi connectivity index (χ1v) is 8.69. The average Bonchev–Trinajstić information content (AvgIpc) is 2.73. The molecule has 0 amide bonds. The molecule has 0 fully saturated rings. The van der Waals surface area contributed by atoms with Gasteiger partial charge in [0.05, 0.1) is 11.2 Å². The van der Waals surface area contributed by atoms with Crippen LogP contribution in [-0.4, -0.2) is 17.3 Å². The number of fused-ring (bicyclic) bond motifs is 1. The minimum Gasteiger partial charge on any atom is -0.507 e. The van der Waals surface area contributed by atoms with Crippen molar-refractivity contribution in [3.8, 4) is 34.3 Å². The van der Waals surface area contributed by atoms with Gasteiger partial charge in [0.1, 0.15) is 34.8 Å². The first-order valence-electron chi connectivity index (χ1n) is 10.2. The van der Waals surface area contributed by atoms with Gasteiger partial charge in [0.25, 0.3) is 0 Å². The fraction of sp³-hybridized carbons (Fsp3) is 0.0870. The average molecular weight is 393 g/mol. The van der Waals surface area contributed by atoms with Crippen molar-refractivity contribution in [3.05, 3.63) is 82.5 Å². The summed E-state index contributed by atoms with van der Waals surface area (Å²) in [7, 11) is -2.72. The summed E-state index contributed by atoms with van der Waals surface area (Å²) in [6.07, 6.45) is 0. The van der Waals surface area contributed by atoms with E-state index >= 15 is 0 Å². The van der Waals surface area contributed by atoms with Gasteiger partial charge in [0.15, 0.2) is 16.9 Å². The lowest BCUT2D eigenvalue weighted by atomic mass is 10.1. The number of phenols is 2. The van der Waals surface area contributed by atoms with Gasteiger partial charge >= 0.3 is 0 Å². The van der Waals surface area contributed by atoms with Gasteiger partial charge in [-0.2, -0.15) is 0 Å². The van der Waals surface area contributed by atoms with Gasteiger partial charge in [0.2, 0.25) is 0 Å². The van der Waals surface area contributed by atoms with Crippen LogP contribution in [0.1, 0.15) is 9.68 Å². The first kappa shape index (κ1) is 15.0. The van der Waals surface area contributed by atoms with E-state index in [-0.39, 0.29) is 34.8 Å². The Kier molecular flexibility index (Phi) is 3.94. The Morgan fingerprint density at radius 3 is 2.59 bits per heavy atom. The summed E-state index contributed by atoms with van der Waals surface area (Å²) in [5.41, 5.74) is 0.847. The highest BCUT2D eigenvalue weighted by molar-refractivity contribution is 5.86. The molecule has 0 unspecified atom stereocenters. The molecule has 0 aliphatic rings. The fourth-order valence-electron chi connectivity index (χ4n) is 2.97. The van der Waals surface area contributed by atoms with Gasteiger partial charge in [-0.15, -0.1) is 0 Å². The van der Waals surface area contributed by atoms with Crippen LogP contribution in [0.3, 0.4) is 0 Å². The van der Waals surface area contributed by atoms with Crippen LogP contribution in [0.25, 0.3) is 22.3 Å². The Morgan fingerprint density at radius 2 is 1.83 bits per heavy atom. The highest BCUT2D eigenvalue weighted by atomic mass is 16.5. The van der Waals surface area contributed by atoms with Crippen LogP contribution in [0.5, 0.6) is 23.0 Å². The molecule has 146 valence electrons. The van der Waals surface area contributed by atoms with Crippen molar-refractivity contribution in [3.63, 3.8) is 0 Å². The number of phenolic OH excluding ortho intramolecular Hbond substituents is 2. The van der Waals surface area contributed by atoms with E-state index in [0.29, 0.717) is 11.3 Å². The summed E-state index contributed by atoms with van der Waals surface area (Å²) in [6, 6.07) is 17.4. The number of ether oxygens (including phenoxy) is 2. The molecule has 2 N–H and O–H groups in total. The molecule has 0 aliphatic heterocycles. The normalized spacial score (nSPS) is 12.8. The summed E-state index contributed by atoms with van der Waals surface area (Å²) in [4.78, 5) is 12.6. The van der Waals surface area contributed by atoms with Crippen molar-refractivity contribution in [2.75, 3.05) is 7.04 Å². The summed E-state index contributed by atoms with van der Waals surface area (Å²) >= 11 is 0. The smallest absolute Gasteiger partial charge is 0.197 e. The lowest BCUT2D eigenvalue weighted by molar-refractivity contribution is 0.304. The quantitative estimate of drug-likeness (QED) is 0.520. The first-order chi connectivity index (χ1) is 15.2. The second kappa shape index (κ2) is 7.59. The molecule has 0 saturated heterocycles. The minimum atomic E-state index is -2.72. The van der Waals surface area contributed by atoms with E-state index in [1.165, 1.54) is 36.4 Å². The van der Waals surface area contributed by atoms with Crippen LogP contribution in [0.15, 0.2) is 75.9 Å². The zero-order chi connectivity index (χ0) is 22.9. The number of hydrogen-bond acceptors (Lipinski definition) is 6. The number of benzene rings is 3. The van der Waals surface area contributed by atoms with Gasteiger partial charge in [-0.05, 0) is 23.8 Å². The fourth-order valence-corrected chi connectivity index (χ4v) is 2.97. The van der Waals surface area contributed by atoms with Crippen molar-refractivity contribution < 1.29 is 28.2 Å². The number of hydrogen-bond donors (Lipinski definition) is 2. The third kappa shape index (κ3) is 3.73. The van der Waals surface area contributed by atoms with Gasteiger partial charge < -0.3 is 24.1 Å². The minimum absolute atomic E-state index is 0.00705. The predicted molar refractivity (Wildman–Crippen MR) is 109 cm³/mol. The molecule has 1 aromatic heterocycles. The third-order valence-electron chi connectivity index (χ3n) is 4.39. The highest BCUT2D eigenvalue weighted by Crippen LogP contribution is 2.34. The molecule has 3 aromatic carbocycles. The lowest BCUT2D eigenvalue weighted by Gasteiger charge is -2.10. The van der Waals surface area contributed by atoms with Crippen molar-refractivity contribution in [1.82, 2.24) is 0 Å². The maximum Gasteiger partial charge on any atom is 0.197 e. The molecule has 0 spiro atoms. The second-order valence-corrected chi connectivity index (χ2v) is 6.35. The molecular formula is C23H18O6. The van der Waals surface area contributed by atoms with E-state index in [0.717, 1.165) is 5.56 Å². The molecule has 6 heteroatoms. The van der Waals surface area contributed by atoms with Crippen LogP contribution in [0.4, 0.5) is 0 Å². The van der Waals surface area contributed by atoms with E-state index in [1.807, 2.05) is 30.3 Å². The van der Waals surface area contributed by atoms with Crippen molar-refractivity contribution >= 4 is 11.0 Å². The Labute approximate surface area is 170 Å². The maximum atomic E-state index is 12.6. The van der Waals surface area contributed by atoms with E-state index in [4.69, 9.17) is 18.0 Å². The summed E-state index contributed by atoms with van der Waals surface area (Å²) < 4.78 is 37.6. The standard InChI is InChI=1S/C23H18O6/c1-27-20-8-7-15(9-17(20)24)21-12-19(26)23-18(25)10-16(11-22(23)29-21)28-13-14-5-3-2-4-6-14/h2-12,24-25H,13H2,1H3/i1D3. The van der Waals surface area contributed by atoms with Gasteiger partial charge in [-0.3, -0.25) is 4.79 Å². The number of aromatic hydroxyl groups is 2. The van der Waals surface area contributed by atoms with E-state index in [1.54, 1.807) is 0 Å². The molecule has 4 rings (SSSR count). The SMILES string of the molecule is [2H]C([2H])([2H])Oc1ccc(-c2cc(=O)c3c(O)cc(OCc4ccccc4)cc3o2)cc1O. The van der Waals surface area contributed by atoms with Crippen LogP contribution < -0.4 is 14.9 Å². The second-order valence-electron chi connectivity index (χ2n) is 6.35. The highest BCUT2D eigenvalue weighted by Gasteiger charge is 2.14. The van der Waals surface area contributed by atoms with Crippen molar-refractivity contribution in [2.24, 2.45) is 0 Å². The summed E-state index contributed by atoms with van der Waals surface area (Å²) in [5, 5.41) is 20.4. The van der Waals surface area contributed by atoms with Gasteiger partial charge in [-0.1, -0.05) is 30.3 Å². The molecule has 0 atom stereocenters. The molecule has 1 heterocycles. The number of rotatable bonds is 5. The van der Waals surface area contributed by atoms with Crippen molar-refractivity contribution in [1.29, 1.82) is 0 Å². The van der Waals surface area contributed by atoms with Gasteiger partial charge in [0, 0.05) is 23.8 Å². The van der Waals surface area contributed by atoms with Crippen LogP contribution in [-0.2, 0) is 6.61 Å². The van der Waals surface area contributed by atoms with Crippen LogP contribution in [0, 0.1) is 0 Å². The Hall–Kier alpha value is -3.93. The Morgan fingerprint density at radius 1 is 1.00 bits per heavy atom. The van der Waals surface area contributed by atoms with Crippen LogP contribution >= 0.6 is 0 Å². The molecular weight excluding hydrogens is 372 g/mol. The van der Waals surface area contributed by atoms with E-state index in [9.17, 15) is 15.0 Å². The zero-order valence-corrected chi connectivity index (χ0v) is 15.1. The topological polar surface area (TPSA) is 89.1 Å². The predicted octanol–water partition coefficient (Wildman–Crippen LogP) is 4.46. The molecule has 0 bridgehead atoms. The van der Waals surface area contributed by atoms with Crippen LogP contribution in [0.2, 0.25) is 0 Å². The van der Waals surface area contributed by atoms with Crippen molar-refractivity contribution in [2.45, 2.75) is 6.61 Å². The Bertz CT molecular complexity index is 1330.